The number of halogens is 3. The second-order valence-corrected chi connectivity index (χ2v) is 10.4. The molecule has 0 radical (unpaired) electrons. The molecular formula is C18H25F3N4O2S. The van der Waals surface area contributed by atoms with Crippen molar-refractivity contribution in [2.24, 2.45) is 5.92 Å². The topological polar surface area (TPSA) is 66.4 Å². The summed E-state index contributed by atoms with van der Waals surface area (Å²) >= 11 is 0. The molecule has 156 valence electrons. The number of hydrogen-bond acceptors (Lipinski definition) is 6. The van der Waals surface area contributed by atoms with Gasteiger partial charge in [-0.15, -0.1) is 0 Å². The van der Waals surface area contributed by atoms with Crippen LogP contribution in [0.1, 0.15) is 37.8 Å². The Morgan fingerprint density at radius 3 is 2.32 bits per heavy atom. The summed E-state index contributed by atoms with van der Waals surface area (Å²) < 4.78 is 62.4. The first-order chi connectivity index (χ1) is 13.2. The minimum Gasteiger partial charge on any atom is -0.350 e. The van der Waals surface area contributed by atoms with E-state index < -0.39 is 21.7 Å². The molecule has 1 aliphatic carbocycles. The quantitative estimate of drug-likeness (QED) is 0.732. The summed E-state index contributed by atoms with van der Waals surface area (Å²) in [6.07, 6.45) is 0.915. The summed E-state index contributed by atoms with van der Waals surface area (Å²) in [5, 5.41) is 0. The number of piperidine rings is 1. The van der Waals surface area contributed by atoms with E-state index in [0.29, 0.717) is 11.6 Å². The van der Waals surface area contributed by atoms with E-state index in [0.717, 1.165) is 64.1 Å². The van der Waals surface area contributed by atoms with Crippen molar-refractivity contribution in [1.29, 1.82) is 0 Å². The van der Waals surface area contributed by atoms with Crippen molar-refractivity contribution in [3.05, 3.63) is 18.1 Å². The highest BCUT2D eigenvalue weighted by atomic mass is 32.2. The first-order valence-corrected chi connectivity index (χ1v) is 11.6. The maximum absolute atomic E-state index is 13.0. The molecule has 2 saturated heterocycles. The van der Waals surface area contributed by atoms with Crippen LogP contribution in [0.5, 0.6) is 0 Å². The van der Waals surface area contributed by atoms with Crippen LogP contribution in [-0.2, 0) is 16.0 Å². The zero-order valence-electron chi connectivity index (χ0n) is 15.6. The van der Waals surface area contributed by atoms with Crippen LogP contribution in [0.15, 0.2) is 12.4 Å². The van der Waals surface area contributed by atoms with Crippen molar-refractivity contribution in [3.8, 4) is 0 Å². The van der Waals surface area contributed by atoms with Crippen LogP contribution in [0.25, 0.3) is 0 Å². The number of aromatic nitrogens is 2. The summed E-state index contributed by atoms with van der Waals surface area (Å²) in [5.74, 6) is 1.14. The molecule has 10 heteroatoms. The summed E-state index contributed by atoms with van der Waals surface area (Å²) in [6.45, 7) is 2.46. The van der Waals surface area contributed by atoms with E-state index in [1.807, 2.05) is 0 Å². The Balaban J connectivity index is 1.40. The Bertz CT molecular complexity index is 805. The molecule has 0 aromatic carbocycles. The van der Waals surface area contributed by atoms with E-state index in [1.165, 1.54) is 0 Å². The molecule has 1 saturated carbocycles. The molecular weight excluding hydrogens is 393 g/mol. The fourth-order valence-corrected chi connectivity index (χ4v) is 6.28. The predicted molar refractivity (Wildman–Crippen MR) is 98.8 cm³/mol. The zero-order chi connectivity index (χ0) is 19.9. The van der Waals surface area contributed by atoms with Gasteiger partial charge in [0.2, 0.25) is 0 Å². The Morgan fingerprint density at radius 2 is 1.75 bits per heavy atom. The maximum Gasteiger partial charge on any atom is 0.433 e. The maximum atomic E-state index is 13.0. The standard InChI is InChI=1S/C18H25F3N4O2S/c19-18(20,21)16-9-17(23-12-22-16)25(14-1-2-14)15-3-6-24(7-4-15)10-13-5-8-28(26,27)11-13/h9,12-15H,1-8,10-11H2. The van der Waals surface area contributed by atoms with Crippen LogP contribution in [0.2, 0.25) is 0 Å². The Hall–Kier alpha value is -1.42. The first-order valence-electron chi connectivity index (χ1n) is 9.82. The van der Waals surface area contributed by atoms with Crippen LogP contribution in [0.4, 0.5) is 19.0 Å². The van der Waals surface area contributed by atoms with E-state index in [2.05, 4.69) is 19.8 Å². The normalized spacial score (nSPS) is 26.5. The lowest BCUT2D eigenvalue weighted by Gasteiger charge is -2.40. The van der Waals surface area contributed by atoms with Crippen LogP contribution in [0, 0.1) is 5.92 Å². The second kappa shape index (κ2) is 7.44. The number of rotatable bonds is 5. The van der Waals surface area contributed by atoms with Gasteiger partial charge in [-0.05, 0) is 38.0 Å². The van der Waals surface area contributed by atoms with Gasteiger partial charge in [0.1, 0.15) is 17.8 Å². The molecule has 4 rings (SSSR count). The van der Waals surface area contributed by atoms with Gasteiger partial charge in [0, 0.05) is 37.8 Å². The van der Waals surface area contributed by atoms with Crippen molar-refractivity contribution >= 4 is 15.7 Å². The lowest BCUT2D eigenvalue weighted by molar-refractivity contribution is -0.141. The minimum atomic E-state index is -4.47. The average Bonchev–Trinajstić information content (AvgIpc) is 3.40. The molecule has 2 aliphatic heterocycles. The van der Waals surface area contributed by atoms with Crippen molar-refractivity contribution in [2.45, 2.75) is 50.4 Å². The summed E-state index contributed by atoms with van der Waals surface area (Å²) in [5.41, 5.74) is -0.900. The van der Waals surface area contributed by atoms with Gasteiger partial charge in [-0.2, -0.15) is 13.2 Å². The highest BCUT2D eigenvalue weighted by Crippen LogP contribution is 2.37. The van der Waals surface area contributed by atoms with Gasteiger partial charge in [-0.3, -0.25) is 0 Å². The Labute approximate surface area is 163 Å². The molecule has 0 amide bonds. The van der Waals surface area contributed by atoms with E-state index in [-0.39, 0.29) is 23.8 Å². The largest absolute Gasteiger partial charge is 0.433 e. The number of sulfone groups is 1. The lowest BCUT2D eigenvalue weighted by Crippen LogP contribution is -2.47. The summed E-state index contributed by atoms with van der Waals surface area (Å²) in [4.78, 5) is 11.9. The monoisotopic (exact) mass is 418 g/mol. The third kappa shape index (κ3) is 4.59. The smallest absolute Gasteiger partial charge is 0.350 e. The molecule has 1 aromatic heterocycles. The first kappa shape index (κ1) is 19.9. The highest BCUT2D eigenvalue weighted by Gasteiger charge is 2.39. The molecule has 3 fully saturated rings. The molecule has 1 atom stereocenters. The van der Waals surface area contributed by atoms with E-state index in [4.69, 9.17) is 0 Å². The van der Waals surface area contributed by atoms with Crippen LogP contribution in [-0.4, -0.2) is 66.5 Å². The number of anilines is 1. The van der Waals surface area contributed by atoms with Crippen molar-refractivity contribution in [1.82, 2.24) is 14.9 Å². The number of alkyl halides is 3. The molecule has 3 heterocycles. The van der Waals surface area contributed by atoms with Crippen LogP contribution < -0.4 is 4.90 Å². The summed E-state index contributed by atoms with van der Waals surface area (Å²) in [6, 6.07) is 1.48. The third-order valence-electron chi connectivity index (χ3n) is 5.94. The van der Waals surface area contributed by atoms with E-state index in [1.54, 1.807) is 0 Å². The molecule has 0 bridgehead atoms. The van der Waals surface area contributed by atoms with Crippen molar-refractivity contribution in [2.75, 3.05) is 36.0 Å². The van der Waals surface area contributed by atoms with Gasteiger partial charge in [0.25, 0.3) is 0 Å². The minimum absolute atomic E-state index is 0.159. The molecule has 1 aromatic rings. The zero-order valence-corrected chi connectivity index (χ0v) is 16.4. The third-order valence-corrected chi connectivity index (χ3v) is 7.78. The van der Waals surface area contributed by atoms with Gasteiger partial charge in [-0.25, -0.2) is 18.4 Å². The molecule has 0 spiro atoms. The molecule has 1 unspecified atom stereocenters. The number of likely N-dealkylation sites (tertiary alicyclic amines) is 1. The summed E-state index contributed by atoms with van der Waals surface area (Å²) in [7, 11) is -2.87. The number of hydrogen-bond donors (Lipinski definition) is 0. The fourth-order valence-electron chi connectivity index (χ4n) is 4.43. The molecule has 28 heavy (non-hydrogen) atoms. The second-order valence-electron chi connectivity index (χ2n) is 8.20. The van der Waals surface area contributed by atoms with Gasteiger partial charge in [-0.1, -0.05) is 0 Å². The van der Waals surface area contributed by atoms with Gasteiger partial charge >= 0.3 is 6.18 Å². The number of nitrogens with zero attached hydrogens (tertiary/aromatic N) is 4. The Kier molecular flexibility index (Phi) is 5.28. The Morgan fingerprint density at radius 1 is 1.07 bits per heavy atom. The lowest BCUT2D eigenvalue weighted by atomic mass is 10.0. The van der Waals surface area contributed by atoms with E-state index >= 15 is 0 Å². The van der Waals surface area contributed by atoms with Crippen LogP contribution in [0.3, 0.4) is 0 Å². The molecule has 3 aliphatic rings. The van der Waals surface area contributed by atoms with Gasteiger partial charge in [0.05, 0.1) is 11.5 Å². The van der Waals surface area contributed by atoms with Gasteiger partial charge < -0.3 is 9.80 Å². The van der Waals surface area contributed by atoms with Crippen molar-refractivity contribution in [3.63, 3.8) is 0 Å². The molecule has 0 N–H and O–H groups in total. The highest BCUT2D eigenvalue weighted by molar-refractivity contribution is 7.91. The van der Waals surface area contributed by atoms with Crippen molar-refractivity contribution < 1.29 is 21.6 Å². The predicted octanol–water partition coefficient (Wildman–Crippen LogP) is 2.36. The van der Waals surface area contributed by atoms with E-state index in [9.17, 15) is 21.6 Å². The average molecular weight is 418 g/mol. The van der Waals surface area contributed by atoms with Crippen LogP contribution >= 0.6 is 0 Å². The SMILES string of the molecule is O=S1(=O)CCC(CN2CCC(N(c3cc(C(F)(F)F)ncn3)C3CC3)CC2)C1. The fraction of sp³-hybridized carbons (Fsp3) is 0.778. The van der Waals surface area contributed by atoms with Gasteiger partial charge in [0.15, 0.2) is 9.84 Å². The molecule has 6 nitrogen and oxygen atoms in total.